The zero-order chi connectivity index (χ0) is 17.8. The van der Waals surface area contributed by atoms with Crippen LogP contribution < -0.4 is 10.1 Å². The molecular weight excluding hydrogens is 314 g/mol. The number of hydrogen-bond acceptors (Lipinski definition) is 3. The van der Waals surface area contributed by atoms with Gasteiger partial charge in [0.2, 0.25) is 0 Å². The summed E-state index contributed by atoms with van der Waals surface area (Å²) in [7, 11) is 2.20. The van der Waals surface area contributed by atoms with Crippen molar-refractivity contribution in [1.82, 2.24) is 15.1 Å². The third kappa shape index (κ3) is 4.66. The number of carbonyl (C=O) groups excluding carboxylic acids is 1. The van der Waals surface area contributed by atoms with E-state index in [1.165, 1.54) is 18.4 Å². The third-order valence-electron chi connectivity index (χ3n) is 5.42. The SMILES string of the molecule is CC(C)Oc1ccc(CCNC(=O)N2CC[C@H]3CC[C@@H](C2)N3C)cc1. The lowest BCUT2D eigenvalue weighted by Crippen LogP contribution is -2.45. The lowest BCUT2D eigenvalue weighted by Gasteiger charge is -2.26. The number of ether oxygens (including phenoxy) is 1. The van der Waals surface area contributed by atoms with Crippen molar-refractivity contribution in [3.8, 4) is 5.75 Å². The van der Waals surface area contributed by atoms with Crippen molar-refractivity contribution < 1.29 is 9.53 Å². The van der Waals surface area contributed by atoms with Crippen LogP contribution in [0, 0.1) is 0 Å². The quantitative estimate of drug-likeness (QED) is 0.892. The first-order valence-electron chi connectivity index (χ1n) is 9.53. The van der Waals surface area contributed by atoms with E-state index < -0.39 is 0 Å². The molecule has 1 N–H and O–H groups in total. The van der Waals surface area contributed by atoms with Crippen molar-refractivity contribution in [2.45, 2.75) is 57.7 Å². The number of carbonyl (C=O) groups is 1. The minimum Gasteiger partial charge on any atom is -0.491 e. The number of amides is 2. The van der Waals surface area contributed by atoms with E-state index in [1.54, 1.807) is 0 Å². The first kappa shape index (κ1) is 18.1. The molecule has 25 heavy (non-hydrogen) atoms. The Morgan fingerprint density at radius 2 is 1.92 bits per heavy atom. The third-order valence-corrected chi connectivity index (χ3v) is 5.42. The van der Waals surface area contributed by atoms with Crippen LogP contribution in [0.3, 0.4) is 0 Å². The Morgan fingerprint density at radius 3 is 2.64 bits per heavy atom. The van der Waals surface area contributed by atoms with Gasteiger partial charge in [0.05, 0.1) is 6.10 Å². The summed E-state index contributed by atoms with van der Waals surface area (Å²) in [5.41, 5.74) is 1.21. The molecule has 2 amide bonds. The lowest BCUT2D eigenvalue weighted by atomic mass is 10.1. The fraction of sp³-hybridized carbons (Fsp3) is 0.650. The molecule has 1 aromatic rings. The molecule has 0 unspecified atom stereocenters. The number of nitrogens with zero attached hydrogens (tertiary/aromatic N) is 2. The Labute approximate surface area is 151 Å². The van der Waals surface area contributed by atoms with Crippen LogP contribution in [0.15, 0.2) is 24.3 Å². The van der Waals surface area contributed by atoms with Gasteiger partial charge in [-0.2, -0.15) is 0 Å². The van der Waals surface area contributed by atoms with Crippen LogP contribution in [-0.4, -0.2) is 60.7 Å². The molecular formula is C20H31N3O2. The minimum atomic E-state index is 0.0840. The Balaban J connectivity index is 1.43. The highest BCUT2D eigenvalue weighted by Crippen LogP contribution is 2.28. The molecule has 2 aliphatic heterocycles. The van der Waals surface area contributed by atoms with Gasteiger partial charge >= 0.3 is 6.03 Å². The summed E-state index contributed by atoms with van der Waals surface area (Å²) in [6, 6.07) is 9.42. The van der Waals surface area contributed by atoms with E-state index in [4.69, 9.17) is 4.74 Å². The van der Waals surface area contributed by atoms with Crippen molar-refractivity contribution in [3.05, 3.63) is 29.8 Å². The summed E-state index contributed by atoms with van der Waals surface area (Å²) >= 11 is 0. The molecule has 0 aromatic heterocycles. The zero-order valence-electron chi connectivity index (χ0n) is 15.7. The molecule has 0 aliphatic carbocycles. The van der Waals surface area contributed by atoms with Gasteiger partial charge in [0.15, 0.2) is 0 Å². The molecule has 5 heteroatoms. The second-order valence-corrected chi connectivity index (χ2v) is 7.58. The van der Waals surface area contributed by atoms with Crippen molar-refractivity contribution in [2.75, 3.05) is 26.7 Å². The van der Waals surface area contributed by atoms with E-state index in [0.717, 1.165) is 31.7 Å². The predicted octanol–water partition coefficient (Wildman–Crippen LogP) is 2.89. The predicted molar refractivity (Wildman–Crippen MR) is 100 cm³/mol. The van der Waals surface area contributed by atoms with E-state index in [-0.39, 0.29) is 12.1 Å². The van der Waals surface area contributed by atoms with Crippen LogP contribution in [0.1, 0.15) is 38.7 Å². The summed E-state index contributed by atoms with van der Waals surface area (Å²) in [6.07, 6.45) is 4.63. The smallest absolute Gasteiger partial charge is 0.317 e. The summed E-state index contributed by atoms with van der Waals surface area (Å²) in [5.74, 6) is 0.895. The summed E-state index contributed by atoms with van der Waals surface area (Å²) < 4.78 is 5.66. The van der Waals surface area contributed by atoms with Crippen LogP contribution in [-0.2, 0) is 6.42 Å². The molecule has 0 saturated carbocycles. The molecule has 3 rings (SSSR count). The number of benzene rings is 1. The highest BCUT2D eigenvalue weighted by molar-refractivity contribution is 5.74. The van der Waals surface area contributed by atoms with Gasteiger partial charge in [-0.25, -0.2) is 4.79 Å². The minimum absolute atomic E-state index is 0.0840. The first-order valence-corrected chi connectivity index (χ1v) is 9.53. The average Bonchev–Trinajstić information content (AvgIpc) is 2.81. The number of fused-ring (bicyclic) bond motifs is 2. The Bertz CT molecular complexity index is 573. The number of urea groups is 1. The summed E-state index contributed by atoms with van der Waals surface area (Å²) in [5, 5.41) is 3.09. The van der Waals surface area contributed by atoms with Crippen molar-refractivity contribution in [3.63, 3.8) is 0 Å². The Morgan fingerprint density at radius 1 is 1.20 bits per heavy atom. The molecule has 0 radical (unpaired) electrons. The largest absolute Gasteiger partial charge is 0.491 e. The topological polar surface area (TPSA) is 44.8 Å². The van der Waals surface area contributed by atoms with Crippen molar-refractivity contribution in [1.29, 1.82) is 0 Å². The number of nitrogens with one attached hydrogen (secondary N) is 1. The first-order chi connectivity index (χ1) is 12.0. The number of rotatable bonds is 5. The van der Waals surface area contributed by atoms with Gasteiger partial charge in [-0.15, -0.1) is 0 Å². The van der Waals surface area contributed by atoms with E-state index in [9.17, 15) is 4.79 Å². The Kier molecular flexibility index (Phi) is 5.84. The van der Waals surface area contributed by atoms with Crippen LogP contribution in [0.25, 0.3) is 0 Å². The lowest BCUT2D eigenvalue weighted by molar-refractivity contribution is 0.188. The maximum atomic E-state index is 12.5. The van der Waals surface area contributed by atoms with Gasteiger partial charge in [-0.1, -0.05) is 12.1 Å². The normalized spacial score (nSPS) is 23.6. The molecule has 2 atom stereocenters. The second-order valence-electron chi connectivity index (χ2n) is 7.58. The summed E-state index contributed by atoms with van der Waals surface area (Å²) in [4.78, 5) is 16.9. The van der Waals surface area contributed by atoms with Crippen molar-refractivity contribution >= 4 is 6.03 Å². The highest BCUT2D eigenvalue weighted by atomic mass is 16.5. The maximum Gasteiger partial charge on any atom is 0.317 e. The van der Waals surface area contributed by atoms with Gasteiger partial charge in [-0.3, -0.25) is 4.90 Å². The number of hydrogen-bond donors (Lipinski definition) is 1. The van der Waals surface area contributed by atoms with Gasteiger partial charge in [-0.05, 0) is 64.3 Å². The van der Waals surface area contributed by atoms with Crippen LogP contribution in [0.2, 0.25) is 0 Å². The van der Waals surface area contributed by atoms with Crippen LogP contribution in [0.4, 0.5) is 4.79 Å². The molecule has 0 spiro atoms. The molecule has 5 nitrogen and oxygen atoms in total. The molecule has 2 heterocycles. The molecule has 138 valence electrons. The maximum absolute atomic E-state index is 12.5. The van der Waals surface area contributed by atoms with E-state index in [2.05, 4.69) is 29.4 Å². The fourth-order valence-corrected chi connectivity index (χ4v) is 3.93. The molecule has 2 bridgehead atoms. The van der Waals surface area contributed by atoms with Gasteiger partial charge in [0.25, 0.3) is 0 Å². The average molecular weight is 345 g/mol. The van der Waals surface area contributed by atoms with Crippen molar-refractivity contribution in [2.24, 2.45) is 0 Å². The molecule has 1 aromatic carbocycles. The van der Waals surface area contributed by atoms with E-state index in [0.29, 0.717) is 18.6 Å². The molecule has 2 aliphatic rings. The Hall–Kier alpha value is -1.75. The summed E-state index contributed by atoms with van der Waals surface area (Å²) in [6.45, 7) is 6.45. The van der Waals surface area contributed by atoms with Crippen LogP contribution in [0.5, 0.6) is 5.75 Å². The second kappa shape index (κ2) is 8.09. The van der Waals surface area contributed by atoms with E-state index >= 15 is 0 Å². The van der Waals surface area contributed by atoms with E-state index in [1.807, 2.05) is 30.9 Å². The van der Waals surface area contributed by atoms with Crippen LogP contribution >= 0.6 is 0 Å². The van der Waals surface area contributed by atoms with Gasteiger partial charge in [0.1, 0.15) is 5.75 Å². The van der Waals surface area contributed by atoms with Gasteiger partial charge in [0, 0.05) is 31.7 Å². The molecule has 2 fully saturated rings. The molecule has 2 saturated heterocycles. The standard InChI is InChI=1S/C20H31N3O2/c1-15(2)25-19-8-4-16(5-9-19)10-12-21-20(24)23-13-11-17-6-7-18(14-23)22(17)3/h4-5,8-9,15,17-18H,6-7,10-14H2,1-3H3,(H,21,24)/t17-,18+/m1/s1. The highest BCUT2D eigenvalue weighted by Gasteiger charge is 2.35. The zero-order valence-corrected chi connectivity index (χ0v) is 15.7. The number of likely N-dealkylation sites (N-methyl/N-ethyl adjacent to an activating group) is 1. The monoisotopic (exact) mass is 345 g/mol. The fourth-order valence-electron chi connectivity index (χ4n) is 3.93. The number of likely N-dealkylation sites (tertiary alicyclic amines) is 1. The van der Waals surface area contributed by atoms with Gasteiger partial charge < -0.3 is 15.0 Å².